The average Bonchev–Trinajstić information content (AvgIpc) is 2.65. The largest absolute Gasteiger partial charge is 0.573 e. The summed E-state index contributed by atoms with van der Waals surface area (Å²) in [5.74, 6) is -0.320. The van der Waals surface area contributed by atoms with Gasteiger partial charge in [0, 0.05) is 35.5 Å². The lowest BCUT2D eigenvalue weighted by atomic mass is 9.75. The molecule has 0 fully saturated rings. The van der Waals surface area contributed by atoms with Gasteiger partial charge in [-0.25, -0.2) is 0 Å². The van der Waals surface area contributed by atoms with Gasteiger partial charge in [0.2, 0.25) is 5.91 Å². The molecular weight excluding hydrogens is 431 g/mol. The molecule has 33 heavy (non-hydrogen) atoms. The zero-order valence-corrected chi connectivity index (χ0v) is 19.9. The van der Waals surface area contributed by atoms with E-state index in [-0.39, 0.29) is 29.0 Å². The first-order chi connectivity index (χ1) is 15.2. The molecule has 0 saturated heterocycles. The monoisotopic (exact) mass is 461 g/mol. The van der Waals surface area contributed by atoms with Crippen LogP contribution >= 0.6 is 0 Å². The first-order valence-electron chi connectivity index (χ1n) is 11.1. The number of ether oxygens (including phenoxy) is 1. The Labute approximate surface area is 192 Å². The van der Waals surface area contributed by atoms with Crippen molar-refractivity contribution in [1.82, 2.24) is 0 Å². The smallest absolute Gasteiger partial charge is 0.405 e. The van der Waals surface area contributed by atoms with Gasteiger partial charge in [-0.05, 0) is 74.6 Å². The number of ketones is 1. The molecule has 2 aromatic carbocycles. The second-order valence-corrected chi connectivity index (χ2v) is 9.68. The zero-order chi connectivity index (χ0) is 24.7. The highest BCUT2D eigenvalue weighted by atomic mass is 19.4. The predicted molar refractivity (Wildman–Crippen MR) is 123 cm³/mol. The number of Topliss-reactive ketones (excluding diaryl/α,β-unsaturated/α-hetero) is 1. The summed E-state index contributed by atoms with van der Waals surface area (Å²) in [6.45, 7) is 11.2. The molecule has 7 heteroatoms. The molecule has 0 spiro atoms. The van der Waals surface area contributed by atoms with Crippen LogP contribution in [0.25, 0.3) is 11.1 Å². The van der Waals surface area contributed by atoms with Crippen LogP contribution in [0.1, 0.15) is 64.2 Å². The number of halogens is 3. The number of carbonyl (C=O) groups excluding carboxylic acids is 2. The summed E-state index contributed by atoms with van der Waals surface area (Å²) in [6.07, 6.45) is -3.77. The molecule has 0 aromatic heterocycles. The van der Waals surface area contributed by atoms with Gasteiger partial charge >= 0.3 is 6.36 Å². The van der Waals surface area contributed by atoms with E-state index in [4.69, 9.17) is 0 Å². The minimum Gasteiger partial charge on any atom is -0.405 e. The van der Waals surface area contributed by atoms with E-state index in [9.17, 15) is 22.8 Å². The summed E-state index contributed by atoms with van der Waals surface area (Å²) in [5, 5.41) is 0. The lowest BCUT2D eigenvalue weighted by Crippen LogP contribution is -2.45. The molecule has 4 nitrogen and oxygen atoms in total. The highest BCUT2D eigenvalue weighted by molar-refractivity contribution is 5.99. The molecule has 1 aliphatic rings. The first-order valence-corrected chi connectivity index (χ1v) is 11.1. The molecule has 0 saturated carbocycles. The lowest BCUT2D eigenvalue weighted by Gasteiger charge is -2.41. The number of aryl methyl sites for hydroxylation is 2. The van der Waals surface area contributed by atoms with Gasteiger partial charge in [0.15, 0.2) is 0 Å². The number of rotatable bonds is 6. The van der Waals surface area contributed by atoms with Crippen molar-refractivity contribution in [3.05, 3.63) is 47.0 Å². The third-order valence-corrected chi connectivity index (χ3v) is 6.04. The third-order valence-electron chi connectivity index (χ3n) is 6.04. The zero-order valence-electron chi connectivity index (χ0n) is 19.9. The van der Waals surface area contributed by atoms with Crippen LogP contribution in [0.2, 0.25) is 0 Å². The van der Waals surface area contributed by atoms with Gasteiger partial charge in [-0.1, -0.05) is 26.0 Å². The number of benzene rings is 2. The molecule has 2 aromatic rings. The van der Waals surface area contributed by atoms with E-state index in [2.05, 4.69) is 4.74 Å². The molecule has 3 rings (SSSR count). The van der Waals surface area contributed by atoms with Gasteiger partial charge in [-0.2, -0.15) is 0 Å². The van der Waals surface area contributed by atoms with Crippen LogP contribution in [0.5, 0.6) is 5.75 Å². The molecule has 0 N–H and O–H groups in total. The lowest BCUT2D eigenvalue weighted by molar-refractivity contribution is -0.274. The number of anilines is 1. The molecule has 1 amide bonds. The number of hydrogen-bond acceptors (Lipinski definition) is 3. The molecule has 0 aliphatic carbocycles. The summed E-state index contributed by atoms with van der Waals surface area (Å²) in [6, 6.07) is 8.16. The second-order valence-electron chi connectivity index (χ2n) is 9.68. The fourth-order valence-electron chi connectivity index (χ4n) is 4.46. The maximum Gasteiger partial charge on any atom is 0.573 e. The standard InChI is InChI=1S/C26H30F3NO3/c1-15(2)30-22-13-19(16(3)11-21(22)25(5,6)14-24(30)32)20-12-18(8-7-17(4)31)9-10-23(20)33-26(27,28)29/h9-13,15H,7-8,14H2,1-6H3. The number of amides is 1. The van der Waals surface area contributed by atoms with Crippen LogP contribution in [-0.2, 0) is 21.4 Å². The Kier molecular flexibility index (Phi) is 6.65. The van der Waals surface area contributed by atoms with Gasteiger partial charge in [-0.3, -0.25) is 4.79 Å². The molecule has 1 heterocycles. The van der Waals surface area contributed by atoms with E-state index in [0.717, 1.165) is 16.7 Å². The fraction of sp³-hybridized carbons (Fsp3) is 0.462. The van der Waals surface area contributed by atoms with Crippen molar-refractivity contribution in [1.29, 1.82) is 0 Å². The Hall–Kier alpha value is -2.83. The van der Waals surface area contributed by atoms with Gasteiger partial charge < -0.3 is 14.4 Å². The minimum atomic E-state index is -4.85. The van der Waals surface area contributed by atoms with Crippen LogP contribution in [0.4, 0.5) is 18.9 Å². The Morgan fingerprint density at radius 1 is 1.15 bits per heavy atom. The molecule has 1 aliphatic heterocycles. The highest BCUT2D eigenvalue weighted by Crippen LogP contribution is 2.46. The van der Waals surface area contributed by atoms with Crippen molar-refractivity contribution in [3.63, 3.8) is 0 Å². The minimum absolute atomic E-state index is 0.00504. The van der Waals surface area contributed by atoms with Crippen molar-refractivity contribution < 1.29 is 27.5 Å². The van der Waals surface area contributed by atoms with Gasteiger partial charge in [0.05, 0.1) is 0 Å². The molecule has 0 radical (unpaired) electrons. The SMILES string of the molecule is CC(=O)CCc1ccc(OC(F)(F)F)c(-c2cc3c(cc2C)C(C)(C)CC(=O)N3C(C)C)c1. The van der Waals surface area contributed by atoms with E-state index >= 15 is 0 Å². The van der Waals surface area contributed by atoms with Crippen molar-refractivity contribution in [3.8, 4) is 16.9 Å². The molecule has 0 atom stereocenters. The van der Waals surface area contributed by atoms with Crippen molar-refractivity contribution in [2.45, 2.75) is 78.6 Å². The Balaban J connectivity index is 2.23. The van der Waals surface area contributed by atoms with Gasteiger partial charge in [0.25, 0.3) is 0 Å². The Morgan fingerprint density at radius 2 is 1.82 bits per heavy atom. The van der Waals surface area contributed by atoms with Gasteiger partial charge in [0.1, 0.15) is 11.5 Å². The molecule has 178 valence electrons. The summed E-state index contributed by atoms with van der Waals surface area (Å²) in [5.41, 5.74) is 3.68. The van der Waals surface area contributed by atoms with E-state index in [1.165, 1.54) is 13.0 Å². The van der Waals surface area contributed by atoms with Crippen molar-refractivity contribution in [2.24, 2.45) is 0 Å². The molecular formula is C26H30F3NO3. The summed E-state index contributed by atoms with van der Waals surface area (Å²) in [4.78, 5) is 26.1. The number of carbonyl (C=O) groups is 2. The van der Waals surface area contributed by atoms with E-state index < -0.39 is 11.8 Å². The van der Waals surface area contributed by atoms with E-state index in [0.29, 0.717) is 30.5 Å². The first kappa shape index (κ1) is 24.8. The third kappa shape index (κ3) is 5.40. The summed E-state index contributed by atoms with van der Waals surface area (Å²) >= 11 is 0. The van der Waals surface area contributed by atoms with E-state index in [1.807, 2.05) is 40.7 Å². The normalized spacial score (nSPS) is 15.6. The van der Waals surface area contributed by atoms with Crippen molar-refractivity contribution in [2.75, 3.05) is 4.90 Å². The maximum atomic E-state index is 13.2. The van der Waals surface area contributed by atoms with Crippen LogP contribution < -0.4 is 9.64 Å². The number of fused-ring (bicyclic) bond motifs is 1. The summed E-state index contributed by atoms with van der Waals surface area (Å²) in [7, 11) is 0. The predicted octanol–water partition coefficient (Wildman–Crippen LogP) is 6.50. The second kappa shape index (κ2) is 8.84. The number of nitrogens with zero attached hydrogens (tertiary/aromatic N) is 1. The van der Waals surface area contributed by atoms with Crippen LogP contribution in [0.3, 0.4) is 0 Å². The Morgan fingerprint density at radius 3 is 2.39 bits per heavy atom. The number of alkyl halides is 3. The maximum absolute atomic E-state index is 13.2. The quantitative estimate of drug-likeness (QED) is 0.493. The number of hydrogen-bond donors (Lipinski definition) is 0. The molecule has 0 bridgehead atoms. The van der Waals surface area contributed by atoms with E-state index in [1.54, 1.807) is 23.1 Å². The fourth-order valence-corrected chi connectivity index (χ4v) is 4.46. The summed E-state index contributed by atoms with van der Waals surface area (Å²) < 4.78 is 43.9. The van der Waals surface area contributed by atoms with Crippen LogP contribution in [0, 0.1) is 6.92 Å². The van der Waals surface area contributed by atoms with Gasteiger partial charge in [-0.15, -0.1) is 13.2 Å². The van der Waals surface area contributed by atoms with Crippen LogP contribution in [-0.4, -0.2) is 24.1 Å². The molecule has 0 unspecified atom stereocenters. The Bertz CT molecular complexity index is 1090. The van der Waals surface area contributed by atoms with Crippen LogP contribution in [0.15, 0.2) is 30.3 Å². The highest BCUT2D eigenvalue weighted by Gasteiger charge is 2.39. The van der Waals surface area contributed by atoms with Crippen molar-refractivity contribution >= 4 is 17.4 Å². The topological polar surface area (TPSA) is 46.6 Å². The average molecular weight is 462 g/mol.